The van der Waals surface area contributed by atoms with Gasteiger partial charge >= 0.3 is 0 Å². The number of halogens is 3. The van der Waals surface area contributed by atoms with Gasteiger partial charge in [-0.3, -0.25) is 0 Å². The van der Waals surface area contributed by atoms with Crippen LogP contribution >= 0.6 is 0 Å². The molecule has 0 heterocycles. The summed E-state index contributed by atoms with van der Waals surface area (Å²) in [5, 5.41) is 11.9. The molecule has 3 nitrogen and oxygen atoms in total. The van der Waals surface area contributed by atoms with Crippen molar-refractivity contribution in [2.24, 2.45) is 0 Å². The lowest BCUT2D eigenvalue weighted by molar-refractivity contribution is 0.152. The van der Waals surface area contributed by atoms with Crippen LogP contribution in [0.5, 0.6) is 0 Å². The number of aliphatic hydroxyl groups excluding tert-OH is 1. The lowest BCUT2D eigenvalue weighted by Crippen LogP contribution is -2.34. The van der Waals surface area contributed by atoms with Crippen LogP contribution in [0.3, 0.4) is 0 Å². The van der Waals surface area contributed by atoms with E-state index in [0.29, 0.717) is 5.56 Å². The van der Waals surface area contributed by atoms with Crippen LogP contribution in [0.15, 0.2) is 18.2 Å². The summed E-state index contributed by atoms with van der Waals surface area (Å²) < 4.78 is 39.1. The lowest BCUT2D eigenvalue weighted by atomic mass is 10.0. The maximum atomic E-state index is 14.0. The first kappa shape index (κ1) is 15.8. The number of aliphatic hydroxyl groups is 1. The second-order valence-electron chi connectivity index (χ2n) is 4.25. The molecular formula is C13H19F3N2O. The van der Waals surface area contributed by atoms with Crippen LogP contribution in [0.4, 0.5) is 18.9 Å². The van der Waals surface area contributed by atoms with Crippen LogP contribution < -0.4 is 10.2 Å². The highest BCUT2D eigenvalue weighted by atomic mass is 19.3. The third-order valence-electron chi connectivity index (χ3n) is 2.96. The molecule has 6 heteroatoms. The van der Waals surface area contributed by atoms with Gasteiger partial charge in [0.15, 0.2) is 0 Å². The van der Waals surface area contributed by atoms with E-state index in [0.717, 1.165) is 0 Å². The van der Waals surface area contributed by atoms with Gasteiger partial charge in [-0.2, -0.15) is 0 Å². The Labute approximate surface area is 111 Å². The van der Waals surface area contributed by atoms with Gasteiger partial charge in [-0.25, -0.2) is 13.2 Å². The molecular weight excluding hydrogens is 257 g/mol. The molecule has 0 saturated heterocycles. The molecule has 0 aliphatic carbocycles. The minimum atomic E-state index is -2.59. The molecule has 0 aliphatic rings. The van der Waals surface area contributed by atoms with Gasteiger partial charge in [-0.05, 0) is 25.6 Å². The predicted octanol–water partition coefficient (Wildman–Crippen LogP) is 2.17. The predicted molar refractivity (Wildman–Crippen MR) is 69.2 cm³/mol. The zero-order valence-corrected chi connectivity index (χ0v) is 11.0. The van der Waals surface area contributed by atoms with Gasteiger partial charge in [-0.1, -0.05) is 12.1 Å². The van der Waals surface area contributed by atoms with Crippen LogP contribution in [0.2, 0.25) is 0 Å². The fraction of sp³-hybridized carbons (Fsp3) is 0.538. The van der Waals surface area contributed by atoms with E-state index in [1.165, 1.54) is 11.0 Å². The average molecular weight is 276 g/mol. The Morgan fingerprint density at radius 1 is 1.37 bits per heavy atom. The molecule has 1 aromatic carbocycles. The number of para-hydroxylation sites is 1. The summed E-state index contributed by atoms with van der Waals surface area (Å²) >= 11 is 0. The smallest absolute Gasteiger partial charge is 0.255 e. The van der Waals surface area contributed by atoms with Crippen molar-refractivity contribution < 1.29 is 18.3 Å². The van der Waals surface area contributed by atoms with E-state index in [1.807, 2.05) is 6.92 Å². The van der Waals surface area contributed by atoms with E-state index in [9.17, 15) is 13.2 Å². The standard InChI is InChI=1S/C13H19F3N2O/c1-9(17-2)10-4-3-5-11(14)13(10)18(6-7-19)8-12(15)16/h3-5,9,12,17,19H,6-8H2,1-2H3. The SMILES string of the molecule is CNC(C)c1cccc(F)c1N(CCO)CC(F)F. The van der Waals surface area contributed by atoms with Crippen molar-refractivity contribution in [1.29, 1.82) is 0 Å². The zero-order chi connectivity index (χ0) is 14.4. The summed E-state index contributed by atoms with van der Waals surface area (Å²) in [6, 6.07) is 4.29. The Hall–Kier alpha value is -1.27. The van der Waals surface area contributed by atoms with Crippen molar-refractivity contribution in [3.05, 3.63) is 29.6 Å². The molecule has 0 amide bonds. The lowest BCUT2D eigenvalue weighted by Gasteiger charge is -2.28. The molecule has 0 saturated carbocycles. The van der Waals surface area contributed by atoms with E-state index < -0.39 is 18.8 Å². The summed E-state index contributed by atoms with van der Waals surface area (Å²) in [7, 11) is 1.71. The quantitative estimate of drug-likeness (QED) is 0.801. The first-order chi connectivity index (χ1) is 9.01. The normalized spacial score (nSPS) is 12.8. The molecule has 1 unspecified atom stereocenters. The average Bonchev–Trinajstić information content (AvgIpc) is 2.36. The van der Waals surface area contributed by atoms with Gasteiger partial charge in [0, 0.05) is 12.6 Å². The Kier molecular flexibility index (Phi) is 6.11. The largest absolute Gasteiger partial charge is 0.395 e. The highest BCUT2D eigenvalue weighted by Gasteiger charge is 2.21. The summed E-state index contributed by atoms with van der Waals surface area (Å²) in [6.07, 6.45) is -2.59. The van der Waals surface area contributed by atoms with Gasteiger partial charge in [0.05, 0.1) is 18.8 Å². The van der Waals surface area contributed by atoms with Crippen molar-refractivity contribution in [2.45, 2.75) is 19.4 Å². The summed E-state index contributed by atoms with van der Waals surface area (Å²) in [5.74, 6) is -0.561. The second-order valence-corrected chi connectivity index (χ2v) is 4.25. The number of benzene rings is 1. The van der Waals surface area contributed by atoms with Gasteiger partial charge in [-0.15, -0.1) is 0 Å². The summed E-state index contributed by atoms with van der Waals surface area (Å²) in [5.41, 5.74) is 0.718. The van der Waals surface area contributed by atoms with E-state index in [1.54, 1.807) is 19.2 Å². The first-order valence-corrected chi connectivity index (χ1v) is 6.10. The van der Waals surface area contributed by atoms with E-state index in [-0.39, 0.29) is 24.9 Å². The number of anilines is 1. The molecule has 0 radical (unpaired) electrons. The van der Waals surface area contributed by atoms with Crippen LogP contribution in [-0.2, 0) is 0 Å². The molecule has 0 fully saturated rings. The molecule has 2 N–H and O–H groups in total. The zero-order valence-electron chi connectivity index (χ0n) is 11.0. The van der Waals surface area contributed by atoms with Crippen LogP contribution in [-0.4, -0.2) is 38.3 Å². The third kappa shape index (κ3) is 4.11. The number of nitrogens with one attached hydrogen (secondary N) is 1. The topological polar surface area (TPSA) is 35.5 Å². The Morgan fingerprint density at radius 2 is 2.05 bits per heavy atom. The number of hydrogen-bond acceptors (Lipinski definition) is 3. The minimum Gasteiger partial charge on any atom is -0.395 e. The highest BCUT2D eigenvalue weighted by Crippen LogP contribution is 2.29. The number of nitrogens with zero attached hydrogens (tertiary/aromatic N) is 1. The van der Waals surface area contributed by atoms with Gasteiger partial charge in [0.1, 0.15) is 5.82 Å². The molecule has 0 aromatic heterocycles. The van der Waals surface area contributed by atoms with Crippen LogP contribution in [0, 0.1) is 5.82 Å². The monoisotopic (exact) mass is 276 g/mol. The molecule has 1 atom stereocenters. The Bertz CT molecular complexity index is 401. The fourth-order valence-corrected chi connectivity index (χ4v) is 1.95. The fourth-order valence-electron chi connectivity index (χ4n) is 1.95. The second kappa shape index (κ2) is 7.35. The van der Waals surface area contributed by atoms with Crippen molar-refractivity contribution in [3.63, 3.8) is 0 Å². The molecule has 0 spiro atoms. The molecule has 0 bridgehead atoms. The number of alkyl halides is 2. The minimum absolute atomic E-state index is 0.0330. The maximum Gasteiger partial charge on any atom is 0.255 e. The Balaban J connectivity index is 3.19. The molecule has 19 heavy (non-hydrogen) atoms. The number of rotatable bonds is 7. The summed E-state index contributed by atoms with van der Waals surface area (Å²) in [4.78, 5) is 1.18. The van der Waals surface area contributed by atoms with Gasteiger partial charge in [0.25, 0.3) is 6.43 Å². The maximum absolute atomic E-state index is 14.0. The molecule has 1 aromatic rings. The summed E-state index contributed by atoms with van der Waals surface area (Å²) in [6.45, 7) is 0.867. The first-order valence-electron chi connectivity index (χ1n) is 6.10. The molecule has 0 aliphatic heterocycles. The molecule has 108 valence electrons. The van der Waals surface area contributed by atoms with Gasteiger partial charge in [0.2, 0.25) is 0 Å². The van der Waals surface area contributed by atoms with Crippen LogP contribution in [0.25, 0.3) is 0 Å². The van der Waals surface area contributed by atoms with Crippen LogP contribution in [0.1, 0.15) is 18.5 Å². The van der Waals surface area contributed by atoms with Gasteiger partial charge < -0.3 is 15.3 Å². The van der Waals surface area contributed by atoms with Crippen molar-refractivity contribution in [2.75, 3.05) is 31.6 Å². The highest BCUT2D eigenvalue weighted by molar-refractivity contribution is 5.56. The van der Waals surface area contributed by atoms with Crippen molar-refractivity contribution in [3.8, 4) is 0 Å². The van der Waals surface area contributed by atoms with Crippen molar-refractivity contribution in [1.82, 2.24) is 5.32 Å². The third-order valence-corrected chi connectivity index (χ3v) is 2.96. The van der Waals surface area contributed by atoms with E-state index >= 15 is 0 Å². The van der Waals surface area contributed by atoms with E-state index in [4.69, 9.17) is 5.11 Å². The molecule has 1 rings (SSSR count). The van der Waals surface area contributed by atoms with E-state index in [2.05, 4.69) is 5.32 Å². The Morgan fingerprint density at radius 3 is 2.58 bits per heavy atom. The number of hydrogen-bond donors (Lipinski definition) is 2. The van der Waals surface area contributed by atoms with Crippen molar-refractivity contribution >= 4 is 5.69 Å².